The minimum Gasteiger partial charge on any atom is -0.393 e. The second-order valence-electron chi connectivity index (χ2n) is 2.47. The van der Waals surface area contributed by atoms with E-state index in [2.05, 4.69) is 6.92 Å². The average molecular weight is 185 g/mol. The molecule has 0 aliphatic heterocycles. The van der Waals surface area contributed by atoms with Crippen LogP contribution in [0.2, 0.25) is 0 Å². The lowest BCUT2D eigenvalue weighted by Gasteiger charge is -2.14. The van der Waals surface area contributed by atoms with Gasteiger partial charge in [-0.05, 0) is 6.42 Å². The lowest BCUT2D eigenvalue weighted by Crippen LogP contribution is -2.17. The van der Waals surface area contributed by atoms with E-state index in [9.17, 15) is 0 Å². The number of rotatable bonds is 5. The maximum Gasteiger partial charge on any atom is 0.141 e. The van der Waals surface area contributed by atoms with Gasteiger partial charge < -0.3 is 5.11 Å². The van der Waals surface area contributed by atoms with Crippen molar-refractivity contribution in [3.8, 4) is 0 Å². The van der Waals surface area contributed by atoms with Crippen LogP contribution in [0.3, 0.4) is 0 Å². The van der Waals surface area contributed by atoms with Gasteiger partial charge in [-0.1, -0.05) is 49.4 Å². The Hall–Kier alpha value is 0.540. The van der Waals surface area contributed by atoms with E-state index in [1.165, 1.54) is 0 Å². The Morgan fingerprint density at radius 3 is 2.30 bits per heavy atom. The minimum atomic E-state index is -0.908. The van der Waals surface area contributed by atoms with E-state index in [4.69, 9.17) is 28.3 Å². The summed E-state index contributed by atoms with van der Waals surface area (Å²) in [5.74, 6) is 0. The summed E-state index contributed by atoms with van der Waals surface area (Å²) in [6.07, 6.45) is 3.95. The summed E-state index contributed by atoms with van der Waals surface area (Å²) in [7, 11) is 0. The molecule has 0 aliphatic carbocycles. The Morgan fingerprint density at radius 2 is 1.90 bits per heavy atom. The van der Waals surface area contributed by atoms with Crippen LogP contribution in [0.25, 0.3) is 0 Å². The Kier molecular flexibility index (Phi) is 5.51. The Labute approximate surface area is 72.3 Å². The van der Waals surface area contributed by atoms with Crippen LogP contribution in [0.4, 0.5) is 0 Å². The molecule has 0 spiro atoms. The Bertz CT molecular complexity index is 83.7. The molecule has 3 heteroatoms. The van der Waals surface area contributed by atoms with Crippen molar-refractivity contribution in [2.45, 2.75) is 36.9 Å². The molecular weight excluding hydrogens is 171 g/mol. The molecule has 0 aromatic carbocycles. The molecular formula is C7H14Cl2O. The molecule has 0 aromatic rings. The monoisotopic (exact) mass is 184 g/mol. The topological polar surface area (TPSA) is 20.2 Å². The second-order valence-corrected chi connectivity index (χ2v) is 4.11. The highest BCUT2D eigenvalue weighted by atomic mass is 35.5. The first-order valence-corrected chi connectivity index (χ1v) is 4.36. The highest BCUT2D eigenvalue weighted by molar-refractivity contribution is 6.48. The van der Waals surface area contributed by atoms with Crippen LogP contribution in [-0.4, -0.2) is 16.0 Å². The van der Waals surface area contributed by atoms with Crippen molar-refractivity contribution in [3.63, 3.8) is 0 Å². The fourth-order valence-electron chi connectivity index (χ4n) is 0.713. The van der Waals surface area contributed by atoms with Crippen molar-refractivity contribution >= 4 is 23.2 Å². The summed E-state index contributed by atoms with van der Waals surface area (Å²) >= 11 is 11.3. The molecule has 0 saturated carbocycles. The molecule has 0 unspecified atom stereocenters. The number of aliphatic hydroxyl groups excluding tert-OH is 1. The van der Waals surface area contributed by atoms with Crippen LogP contribution >= 0.6 is 23.2 Å². The zero-order chi connectivity index (χ0) is 8.04. The summed E-state index contributed by atoms with van der Waals surface area (Å²) in [6, 6.07) is 0. The molecule has 0 bridgehead atoms. The van der Waals surface area contributed by atoms with E-state index in [1.807, 2.05) is 0 Å². The molecule has 10 heavy (non-hydrogen) atoms. The normalized spacial score (nSPS) is 12.0. The minimum absolute atomic E-state index is 0.153. The SMILES string of the molecule is CCCCCC(Cl)(Cl)CO. The third-order valence-corrected chi connectivity index (χ3v) is 1.99. The van der Waals surface area contributed by atoms with E-state index in [1.54, 1.807) is 0 Å². The van der Waals surface area contributed by atoms with Gasteiger partial charge in [0.25, 0.3) is 0 Å². The van der Waals surface area contributed by atoms with Gasteiger partial charge in [0.1, 0.15) is 4.33 Å². The zero-order valence-corrected chi connectivity index (χ0v) is 7.75. The van der Waals surface area contributed by atoms with Gasteiger partial charge in [-0.3, -0.25) is 0 Å². The second kappa shape index (κ2) is 5.22. The standard InChI is InChI=1S/C7H14Cl2O/c1-2-3-4-5-7(8,9)6-10/h10H,2-6H2,1H3. The number of unbranched alkanes of at least 4 members (excludes halogenated alkanes) is 2. The number of hydrogen-bond donors (Lipinski definition) is 1. The van der Waals surface area contributed by atoms with Crippen LogP contribution in [0.15, 0.2) is 0 Å². The maximum atomic E-state index is 8.63. The third kappa shape index (κ3) is 5.33. The molecule has 1 N–H and O–H groups in total. The first-order chi connectivity index (χ1) is 4.62. The van der Waals surface area contributed by atoms with E-state index in [0.29, 0.717) is 6.42 Å². The van der Waals surface area contributed by atoms with Crippen LogP contribution in [0.5, 0.6) is 0 Å². The van der Waals surface area contributed by atoms with Gasteiger partial charge in [0.05, 0.1) is 6.61 Å². The summed E-state index contributed by atoms with van der Waals surface area (Å²) in [4.78, 5) is 0. The molecule has 0 heterocycles. The molecule has 0 rings (SSSR count). The van der Waals surface area contributed by atoms with Gasteiger partial charge >= 0.3 is 0 Å². The molecule has 0 aliphatic rings. The number of alkyl halides is 2. The van der Waals surface area contributed by atoms with Crippen LogP contribution in [0, 0.1) is 0 Å². The van der Waals surface area contributed by atoms with Crippen molar-refractivity contribution in [2.24, 2.45) is 0 Å². The summed E-state index contributed by atoms with van der Waals surface area (Å²) in [6.45, 7) is 1.96. The first-order valence-electron chi connectivity index (χ1n) is 3.61. The number of halogens is 2. The van der Waals surface area contributed by atoms with Crippen molar-refractivity contribution in [1.82, 2.24) is 0 Å². The Balaban J connectivity index is 3.28. The molecule has 1 nitrogen and oxygen atoms in total. The number of aliphatic hydroxyl groups is 1. The fraction of sp³-hybridized carbons (Fsp3) is 1.00. The van der Waals surface area contributed by atoms with Crippen LogP contribution < -0.4 is 0 Å². The lowest BCUT2D eigenvalue weighted by atomic mass is 10.1. The average Bonchev–Trinajstić information content (AvgIpc) is 1.89. The van der Waals surface area contributed by atoms with Gasteiger partial charge in [0, 0.05) is 0 Å². The molecule has 0 radical (unpaired) electrons. The Morgan fingerprint density at radius 1 is 1.30 bits per heavy atom. The molecule has 0 amide bonds. The zero-order valence-electron chi connectivity index (χ0n) is 6.24. The lowest BCUT2D eigenvalue weighted by molar-refractivity contribution is 0.271. The predicted octanol–water partition coefficient (Wildman–Crippen LogP) is 2.73. The first kappa shape index (κ1) is 10.5. The van der Waals surface area contributed by atoms with Crippen molar-refractivity contribution in [1.29, 1.82) is 0 Å². The summed E-state index contributed by atoms with van der Waals surface area (Å²) < 4.78 is -0.908. The van der Waals surface area contributed by atoms with Gasteiger partial charge in [0.2, 0.25) is 0 Å². The molecule has 0 atom stereocenters. The highest BCUT2D eigenvalue weighted by Crippen LogP contribution is 2.26. The summed E-state index contributed by atoms with van der Waals surface area (Å²) in [5, 5.41) is 8.63. The largest absolute Gasteiger partial charge is 0.393 e. The highest BCUT2D eigenvalue weighted by Gasteiger charge is 2.21. The predicted molar refractivity (Wildman–Crippen MR) is 45.7 cm³/mol. The van der Waals surface area contributed by atoms with Crippen LogP contribution in [-0.2, 0) is 0 Å². The smallest absolute Gasteiger partial charge is 0.141 e. The van der Waals surface area contributed by atoms with Gasteiger partial charge in [0.15, 0.2) is 0 Å². The van der Waals surface area contributed by atoms with E-state index >= 15 is 0 Å². The van der Waals surface area contributed by atoms with Crippen LogP contribution in [0.1, 0.15) is 32.6 Å². The van der Waals surface area contributed by atoms with Gasteiger partial charge in [-0.2, -0.15) is 0 Å². The molecule has 62 valence electrons. The van der Waals surface area contributed by atoms with E-state index < -0.39 is 4.33 Å². The third-order valence-electron chi connectivity index (χ3n) is 1.38. The molecule has 0 saturated heterocycles. The number of hydrogen-bond acceptors (Lipinski definition) is 1. The van der Waals surface area contributed by atoms with Crippen molar-refractivity contribution in [2.75, 3.05) is 6.61 Å². The van der Waals surface area contributed by atoms with E-state index in [-0.39, 0.29) is 6.61 Å². The fourth-order valence-corrected chi connectivity index (χ4v) is 0.980. The maximum absolute atomic E-state index is 8.63. The van der Waals surface area contributed by atoms with Crippen molar-refractivity contribution in [3.05, 3.63) is 0 Å². The van der Waals surface area contributed by atoms with Crippen molar-refractivity contribution < 1.29 is 5.11 Å². The summed E-state index contributed by atoms with van der Waals surface area (Å²) in [5.41, 5.74) is 0. The van der Waals surface area contributed by atoms with Gasteiger partial charge in [-0.25, -0.2) is 0 Å². The quantitative estimate of drug-likeness (QED) is 0.515. The van der Waals surface area contributed by atoms with E-state index in [0.717, 1.165) is 19.3 Å². The molecule has 0 fully saturated rings. The van der Waals surface area contributed by atoms with Gasteiger partial charge in [-0.15, -0.1) is 0 Å². The molecule has 0 aromatic heterocycles.